The molecule has 0 unspecified atom stereocenters. The van der Waals surface area contributed by atoms with E-state index in [0.717, 1.165) is 22.3 Å². The van der Waals surface area contributed by atoms with Crippen LogP contribution >= 0.6 is 0 Å². The molecular weight excluding hydrogens is 304 g/mol. The summed E-state index contributed by atoms with van der Waals surface area (Å²) in [7, 11) is 0. The van der Waals surface area contributed by atoms with E-state index < -0.39 is 22.9 Å². The molecule has 1 aliphatic heterocycles. The minimum atomic E-state index is -1.23. The van der Waals surface area contributed by atoms with Gasteiger partial charge in [0.05, 0.1) is 5.41 Å². The van der Waals surface area contributed by atoms with Gasteiger partial charge in [0.2, 0.25) is 5.78 Å². The largest absolute Gasteiger partial charge is 0.452 e. The highest BCUT2D eigenvalue weighted by atomic mass is 16.6. The first-order chi connectivity index (χ1) is 10.8. The van der Waals surface area contributed by atoms with Gasteiger partial charge in [-0.15, -0.1) is 0 Å². The monoisotopic (exact) mass is 330 g/mol. The minimum Gasteiger partial charge on any atom is -0.452 e. The van der Waals surface area contributed by atoms with Crippen molar-refractivity contribution in [1.82, 2.24) is 0 Å². The molecule has 1 aliphatic rings. The molecule has 2 rings (SSSR count). The summed E-state index contributed by atoms with van der Waals surface area (Å²) in [5, 5.41) is 0. The van der Waals surface area contributed by atoms with Gasteiger partial charge in [0, 0.05) is 5.56 Å². The number of ether oxygens (including phenoxy) is 1. The van der Waals surface area contributed by atoms with E-state index in [9.17, 15) is 14.4 Å². The molecule has 4 heteroatoms. The maximum Gasteiger partial charge on any atom is 0.319 e. The van der Waals surface area contributed by atoms with Crippen LogP contribution < -0.4 is 0 Å². The first-order valence-corrected chi connectivity index (χ1v) is 8.21. The topological polar surface area (TPSA) is 60.4 Å². The minimum absolute atomic E-state index is 0.260. The Morgan fingerprint density at radius 2 is 1.42 bits per heavy atom. The Balaban J connectivity index is 2.59. The van der Waals surface area contributed by atoms with Crippen molar-refractivity contribution >= 4 is 17.5 Å². The van der Waals surface area contributed by atoms with Gasteiger partial charge >= 0.3 is 5.97 Å². The van der Waals surface area contributed by atoms with Crippen LogP contribution in [0.2, 0.25) is 0 Å². The van der Waals surface area contributed by atoms with Gasteiger partial charge in [0.25, 0.3) is 0 Å². The van der Waals surface area contributed by atoms with Crippen LogP contribution in [0.15, 0.2) is 6.07 Å². The Hall–Kier alpha value is -1.97. The Morgan fingerprint density at radius 1 is 0.958 bits per heavy atom. The van der Waals surface area contributed by atoms with Crippen LogP contribution in [0, 0.1) is 38.5 Å². The second-order valence-corrected chi connectivity index (χ2v) is 7.96. The lowest BCUT2D eigenvalue weighted by atomic mass is 9.66. The van der Waals surface area contributed by atoms with E-state index in [4.69, 9.17) is 4.74 Å². The second kappa shape index (κ2) is 5.54. The van der Waals surface area contributed by atoms with Crippen LogP contribution in [0.4, 0.5) is 0 Å². The van der Waals surface area contributed by atoms with Gasteiger partial charge < -0.3 is 4.74 Å². The number of rotatable bonds is 2. The lowest BCUT2D eigenvalue weighted by Crippen LogP contribution is -2.58. The molecule has 0 radical (unpaired) electrons. The van der Waals surface area contributed by atoms with Gasteiger partial charge in [-0.05, 0) is 77.6 Å². The maximum absolute atomic E-state index is 13.2. The molecular formula is C20H26O4. The zero-order valence-corrected chi connectivity index (χ0v) is 15.8. The van der Waals surface area contributed by atoms with Gasteiger partial charge in [-0.25, -0.2) is 0 Å². The van der Waals surface area contributed by atoms with E-state index >= 15 is 0 Å². The summed E-state index contributed by atoms with van der Waals surface area (Å²) in [5.41, 5.74) is 2.02. The molecule has 4 nitrogen and oxygen atoms in total. The number of Topliss-reactive ketones (excluding diaryl/α,β-unsaturated/α-hetero) is 2. The summed E-state index contributed by atoms with van der Waals surface area (Å²) >= 11 is 0. The van der Waals surface area contributed by atoms with Gasteiger partial charge in [-0.1, -0.05) is 6.07 Å². The molecule has 0 aromatic heterocycles. The Labute approximate surface area is 143 Å². The lowest BCUT2D eigenvalue weighted by molar-refractivity contribution is -0.181. The lowest BCUT2D eigenvalue weighted by Gasteiger charge is -2.42. The van der Waals surface area contributed by atoms with Gasteiger partial charge in [0.1, 0.15) is 5.41 Å². The molecule has 0 spiro atoms. The number of esters is 1. The second-order valence-electron chi connectivity index (χ2n) is 7.96. The Kier molecular flexibility index (Phi) is 4.24. The third-order valence-electron chi connectivity index (χ3n) is 5.39. The Bertz CT molecular complexity index is 727. The van der Waals surface area contributed by atoms with Crippen LogP contribution in [0.3, 0.4) is 0 Å². The van der Waals surface area contributed by atoms with Crippen LogP contribution in [0.5, 0.6) is 0 Å². The summed E-state index contributed by atoms with van der Waals surface area (Å²) in [4.78, 5) is 38.3. The van der Waals surface area contributed by atoms with Crippen molar-refractivity contribution in [3.8, 4) is 0 Å². The predicted molar refractivity (Wildman–Crippen MR) is 92.2 cm³/mol. The van der Waals surface area contributed by atoms with Crippen LogP contribution in [0.1, 0.15) is 60.3 Å². The fourth-order valence-corrected chi connectivity index (χ4v) is 3.52. The number of carbonyl (C=O) groups excluding carboxylic acids is 3. The molecule has 1 heterocycles. The molecule has 1 fully saturated rings. The number of aryl methyl sites for hydroxylation is 2. The summed E-state index contributed by atoms with van der Waals surface area (Å²) in [6.07, 6.45) is -1.09. The van der Waals surface area contributed by atoms with Gasteiger partial charge in [-0.3, -0.25) is 14.4 Å². The summed E-state index contributed by atoms with van der Waals surface area (Å²) in [6.45, 7) is 14.1. The van der Waals surface area contributed by atoms with E-state index in [1.165, 1.54) is 0 Å². The molecule has 130 valence electrons. The van der Waals surface area contributed by atoms with E-state index in [0.29, 0.717) is 5.56 Å². The van der Waals surface area contributed by atoms with Crippen molar-refractivity contribution in [3.63, 3.8) is 0 Å². The van der Waals surface area contributed by atoms with E-state index in [1.807, 2.05) is 33.8 Å². The van der Waals surface area contributed by atoms with E-state index in [1.54, 1.807) is 27.7 Å². The number of cyclic esters (lactones) is 1. The zero-order chi connectivity index (χ0) is 18.6. The number of benzene rings is 1. The zero-order valence-electron chi connectivity index (χ0n) is 15.8. The number of hydrogen-bond donors (Lipinski definition) is 0. The van der Waals surface area contributed by atoms with Crippen molar-refractivity contribution in [1.29, 1.82) is 0 Å². The molecule has 0 amide bonds. The first-order valence-electron chi connectivity index (χ1n) is 8.21. The van der Waals surface area contributed by atoms with Gasteiger partial charge in [0.15, 0.2) is 11.9 Å². The summed E-state index contributed by atoms with van der Waals surface area (Å²) < 4.78 is 5.48. The van der Waals surface area contributed by atoms with Crippen LogP contribution in [-0.4, -0.2) is 23.6 Å². The highest BCUT2D eigenvalue weighted by Crippen LogP contribution is 2.42. The molecule has 24 heavy (non-hydrogen) atoms. The van der Waals surface area contributed by atoms with Gasteiger partial charge in [-0.2, -0.15) is 0 Å². The van der Waals surface area contributed by atoms with Crippen molar-refractivity contribution in [2.24, 2.45) is 10.8 Å². The van der Waals surface area contributed by atoms with Crippen molar-refractivity contribution in [2.45, 2.75) is 61.5 Å². The highest BCUT2D eigenvalue weighted by molar-refractivity contribution is 6.14. The smallest absolute Gasteiger partial charge is 0.319 e. The third-order valence-corrected chi connectivity index (χ3v) is 5.39. The quantitative estimate of drug-likeness (QED) is 0.472. The molecule has 0 aliphatic carbocycles. The average Bonchev–Trinajstić information content (AvgIpc) is 2.48. The maximum atomic E-state index is 13.2. The van der Waals surface area contributed by atoms with Crippen molar-refractivity contribution < 1.29 is 19.1 Å². The predicted octanol–water partition coefficient (Wildman–Crippen LogP) is 3.65. The molecule has 1 atom stereocenters. The number of carbonyl (C=O) groups is 3. The highest BCUT2D eigenvalue weighted by Gasteiger charge is 2.57. The fourth-order valence-electron chi connectivity index (χ4n) is 3.52. The summed E-state index contributed by atoms with van der Waals surface area (Å²) in [5.74, 6) is -1.19. The molecule has 0 bridgehead atoms. The molecule has 0 saturated carbocycles. The Morgan fingerprint density at radius 3 is 1.88 bits per heavy atom. The molecule has 1 aromatic rings. The normalized spacial score (nSPS) is 22.2. The summed E-state index contributed by atoms with van der Waals surface area (Å²) in [6, 6.07) is 2.04. The molecule has 0 N–H and O–H groups in total. The third kappa shape index (κ3) is 2.48. The van der Waals surface area contributed by atoms with E-state index in [2.05, 4.69) is 0 Å². The van der Waals surface area contributed by atoms with Crippen molar-refractivity contribution in [2.75, 3.05) is 0 Å². The number of ketones is 2. The average molecular weight is 330 g/mol. The van der Waals surface area contributed by atoms with Crippen LogP contribution in [-0.2, 0) is 14.3 Å². The van der Waals surface area contributed by atoms with Crippen LogP contribution in [0.25, 0.3) is 0 Å². The molecule has 1 aromatic carbocycles. The standard InChI is InChI=1S/C20H26O4/c1-10-9-11(2)13(4)14(12(10)3)15(21)16-19(5,6)17(22)20(7,8)18(23)24-16/h9,16H,1-8H3/t16-/m1/s1. The van der Waals surface area contributed by atoms with E-state index in [-0.39, 0.29) is 11.6 Å². The van der Waals surface area contributed by atoms with Crippen molar-refractivity contribution in [3.05, 3.63) is 33.9 Å². The fraction of sp³-hybridized carbons (Fsp3) is 0.550. The first kappa shape index (κ1) is 18.4. The molecule has 1 saturated heterocycles. The SMILES string of the molecule is Cc1cc(C)c(C)c(C(=O)[C@H]2OC(=O)C(C)(C)C(=O)C2(C)C)c1C. The number of hydrogen-bond acceptors (Lipinski definition) is 4.